The van der Waals surface area contributed by atoms with Gasteiger partial charge in [-0.05, 0) is 12.1 Å². The van der Waals surface area contributed by atoms with Crippen LogP contribution in [0, 0.1) is 5.82 Å². The fourth-order valence-corrected chi connectivity index (χ4v) is 2.91. The van der Waals surface area contributed by atoms with E-state index in [4.69, 9.17) is 23.2 Å². The van der Waals surface area contributed by atoms with Gasteiger partial charge in [0.1, 0.15) is 0 Å². The fraction of sp³-hybridized carbons (Fsp3) is 0. The molecule has 1 N–H and O–H groups in total. The number of hydrazone groups is 1. The number of hydrogen-bond acceptors (Lipinski definition) is 4. The zero-order chi connectivity index (χ0) is 16.2. The van der Waals surface area contributed by atoms with Gasteiger partial charge in [-0.15, -0.1) is 11.3 Å². The molecule has 1 heterocycles. The van der Waals surface area contributed by atoms with E-state index in [1.165, 1.54) is 29.7 Å². The molecule has 0 saturated carbocycles. The van der Waals surface area contributed by atoms with Gasteiger partial charge in [-0.2, -0.15) is 5.10 Å². The van der Waals surface area contributed by atoms with Crippen molar-refractivity contribution in [2.24, 2.45) is 5.10 Å². The third-order valence-electron chi connectivity index (χ3n) is 3.01. The topological polar surface area (TPSA) is 37.3 Å². The number of anilines is 1. The number of rotatable bonds is 4. The first-order valence-corrected chi connectivity index (χ1v) is 8.22. The lowest BCUT2D eigenvalue weighted by Gasteiger charge is -2.01. The van der Waals surface area contributed by atoms with Crippen LogP contribution in [0.4, 0.5) is 9.52 Å². The van der Waals surface area contributed by atoms with Gasteiger partial charge in [0.05, 0.1) is 27.5 Å². The summed E-state index contributed by atoms with van der Waals surface area (Å²) in [5.41, 5.74) is 4.76. The Labute approximate surface area is 146 Å². The Morgan fingerprint density at radius 3 is 2.61 bits per heavy atom. The van der Waals surface area contributed by atoms with Gasteiger partial charge in [0.15, 0.2) is 5.82 Å². The van der Waals surface area contributed by atoms with Gasteiger partial charge in [0, 0.05) is 10.9 Å². The summed E-state index contributed by atoms with van der Waals surface area (Å²) in [5, 5.41) is 6.72. The van der Waals surface area contributed by atoms with E-state index in [0.29, 0.717) is 5.13 Å². The molecule has 0 unspecified atom stereocenters. The maximum atomic E-state index is 13.9. The number of hydrogen-bond donors (Lipinski definition) is 1. The molecule has 3 aromatic rings. The average Bonchev–Trinajstić information content (AvgIpc) is 3.04. The number of aromatic nitrogens is 1. The van der Waals surface area contributed by atoms with E-state index < -0.39 is 5.82 Å². The van der Waals surface area contributed by atoms with Gasteiger partial charge in [0.2, 0.25) is 5.13 Å². The Hall–Kier alpha value is -1.95. The summed E-state index contributed by atoms with van der Waals surface area (Å²) in [7, 11) is 0. The molecular formula is C16H10Cl2FN3S. The van der Waals surface area contributed by atoms with Gasteiger partial charge in [-0.3, -0.25) is 5.43 Å². The minimum absolute atomic E-state index is 0.00328. The van der Waals surface area contributed by atoms with Crippen molar-refractivity contribution in [2.45, 2.75) is 0 Å². The van der Waals surface area contributed by atoms with Gasteiger partial charge in [0.25, 0.3) is 0 Å². The third kappa shape index (κ3) is 3.69. The number of nitrogens with one attached hydrogen (secondary N) is 1. The molecule has 0 spiro atoms. The molecule has 0 aliphatic heterocycles. The summed E-state index contributed by atoms with van der Waals surface area (Å²) < 4.78 is 13.9. The van der Waals surface area contributed by atoms with Crippen LogP contribution in [0.3, 0.4) is 0 Å². The van der Waals surface area contributed by atoms with E-state index in [0.717, 1.165) is 11.3 Å². The van der Waals surface area contributed by atoms with Crippen LogP contribution in [0.2, 0.25) is 10.0 Å². The standard InChI is InChI=1S/C16H10Cl2FN3S/c17-12-6-7-13(18)15(19)11(12)8-20-22-16-21-14(9-23-16)10-4-2-1-3-5-10/h1-9H,(H,21,22). The number of halogens is 3. The van der Waals surface area contributed by atoms with Crippen LogP contribution in [0.5, 0.6) is 0 Å². The SMILES string of the molecule is Fc1c(Cl)ccc(Cl)c1C=NNc1nc(-c2ccccc2)cs1. The molecule has 0 fully saturated rings. The highest BCUT2D eigenvalue weighted by atomic mass is 35.5. The van der Waals surface area contributed by atoms with E-state index in [1.807, 2.05) is 35.7 Å². The van der Waals surface area contributed by atoms with Crippen molar-refractivity contribution in [2.75, 3.05) is 5.43 Å². The van der Waals surface area contributed by atoms with Crippen molar-refractivity contribution in [3.63, 3.8) is 0 Å². The maximum absolute atomic E-state index is 13.9. The molecule has 23 heavy (non-hydrogen) atoms. The molecule has 3 rings (SSSR count). The lowest BCUT2D eigenvalue weighted by atomic mass is 10.2. The quantitative estimate of drug-likeness (QED) is 0.365. The Bertz CT molecular complexity index is 850. The Kier molecular flexibility index (Phi) is 4.91. The van der Waals surface area contributed by atoms with E-state index in [9.17, 15) is 4.39 Å². The lowest BCUT2D eigenvalue weighted by Crippen LogP contribution is -1.95. The number of thiazole rings is 1. The highest BCUT2D eigenvalue weighted by molar-refractivity contribution is 7.14. The van der Waals surface area contributed by atoms with Gasteiger partial charge >= 0.3 is 0 Å². The molecule has 2 aromatic carbocycles. The predicted molar refractivity (Wildman–Crippen MR) is 95.2 cm³/mol. The maximum Gasteiger partial charge on any atom is 0.203 e. The van der Waals surface area contributed by atoms with Crippen molar-refractivity contribution < 1.29 is 4.39 Å². The van der Waals surface area contributed by atoms with Crippen molar-refractivity contribution in [3.8, 4) is 11.3 Å². The molecule has 7 heteroatoms. The number of nitrogens with zero attached hydrogens (tertiary/aromatic N) is 2. The second-order valence-electron chi connectivity index (χ2n) is 4.53. The summed E-state index contributed by atoms with van der Waals surface area (Å²) in [6.45, 7) is 0. The largest absolute Gasteiger partial charge is 0.253 e. The summed E-state index contributed by atoms with van der Waals surface area (Å²) >= 11 is 13.1. The smallest absolute Gasteiger partial charge is 0.203 e. The molecular weight excluding hydrogens is 356 g/mol. The van der Waals surface area contributed by atoms with Gasteiger partial charge in [-0.25, -0.2) is 9.37 Å². The summed E-state index contributed by atoms with van der Waals surface area (Å²) in [5.74, 6) is -0.603. The minimum atomic E-state index is -0.603. The van der Waals surface area contributed by atoms with E-state index >= 15 is 0 Å². The third-order valence-corrected chi connectivity index (χ3v) is 4.38. The Balaban J connectivity index is 1.75. The van der Waals surface area contributed by atoms with Crippen molar-refractivity contribution >= 4 is 45.9 Å². The van der Waals surface area contributed by atoms with Crippen molar-refractivity contribution in [1.82, 2.24) is 4.98 Å². The fourth-order valence-electron chi connectivity index (χ4n) is 1.88. The summed E-state index contributed by atoms with van der Waals surface area (Å²) in [4.78, 5) is 4.41. The molecule has 0 amide bonds. The zero-order valence-corrected chi connectivity index (χ0v) is 14.0. The van der Waals surface area contributed by atoms with Crippen LogP contribution in [-0.2, 0) is 0 Å². The molecule has 116 valence electrons. The van der Waals surface area contributed by atoms with Crippen LogP contribution < -0.4 is 5.43 Å². The highest BCUT2D eigenvalue weighted by Crippen LogP contribution is 2.26. The lowest BCUT2D eigenvalue weighted by molar-refractivity contribution is 0.626. The van der Waals surface area contributed by atoms with Gasteiger partial charge in [-0.1, -0.05) is 53.5 Å². The molecule has 1 aromatic heterocycles. The summed E-state index contributed by atoms with van der Waals surface area (Å²) in [6.07, 6.45) is 1.28. The molecule has 0 atom stereocenters. The highest BCUT2D eigenvalue weighted by Gasteiger charge is 2.09. The predicted octanol–water partition coefficient (Wildman–Crippen LogP) is 5.70. The first kappa shape index (κ1) is 15.9. The Morgan fingerprint density at radius 1 is 1.09 bits per heavy atom. The first-order chi connectivity index (χ1) is 11.1. The van der Waals surface area contributed by atoms with Crippen LogP contribution in [0.15, 0.2) is 52.9 Å². The second-order valence-corrected chi connectivity index (χ2v) is 6.20. The normalized spacial score (nSPS) is 11.1. The monoisotopic (exact) mass is 365 g/mol. The van der Waals surface area contributed by atoms with Gasteiger partial charge < -0.3 is 0 Å². The molecule has 0 bridgehead atoms. The van der Waals surface area contributed by atoms with Crippen molar-refractivity contribution in [1.29, 1.82) is 0 Å². The number of benzene rings is 2. The van der Waals surface area contributed by atoms with E-state index in [-0.39, 0.29) is 15.6 Å². The second kappa shape index (κ2) is 7.08. The van der Waals surface area contributed by atoms with Crippen LogP contribution in [0.25, 0.3) is 11.3 Å². The Morgan fingerprint density at radius 2 is 1.83 bits per heavy atom. The molecule has 3 nitrogen and oxygen atoms in total. The van der Waals surface area contributed by atoms with Crippen LogP contribution in [-0.4, -0.2) is 11.2 Å². The molecule has 0 aliphatic carbocycles. The molecule has 0 radical (unpaired) electrons. The minimum Gasteiger partial charge on any atom is -0.253 e. The van der Waals surface area contributed by atoms with Crippen molar-refractivity contribution in [3.05, 3.63) is 69.3 Å². The van der Waals surface area contributed by atoms with Crippen LogP contribution in [0.1, 0.15) is 5.56 Å². The summed E-state index contributed by atoms with van der Waals surface area (Å²) in [6, 6.07) is 12.7. The van der Waals surface area contributed by atoms with Crippen LogP contribution >= 0.6 is 34.5 Å². The first-order valence-electron chi connectivity index (χ1n) is 6.58. The molecule has 0 saturated heterocycles. The zero-order valence-electron chi connectivity index (χ0n) is 11.6. The van der Waals surface area contributed by atoms with E-state index in [1.54, 1.807) is 0 Å². The average molecular weight is 366 g/mol. The van der Waals surface area contributed by atoms with E-state index in [2.05, 4.69) is 15.5 Å². The molecule has 0 aliphatic rings.